The fourth-order valence-electron chi connectivity index (χ4n) is 5.69. The zero-order chi connectivity index (χ0) is 28.1. The lowest BCUT2D eigenvalue weighted by atomic mass is 9.87. The second-order valence-electron chi connectivity index (χ2n) is 10.9. The molecule has 3 aromatic heterocycles. The molecule has 5 heterocycles. The SMILES string of the molecule is CC(Nc1ncc(C#N)c(C2CNc3ncc(C(F)(F)F)cc32)n1)c1ccc(N2CCC(O)(C3CC3)CC2)nc1. The summed E-state index contributed by atoms with van der Waals surface area (Å²) in [4.78, 5) is 19.6. The minimum atomic E-state index is -4.53. The predicted molar refractivity (Wildman–Crippen MR) is 142 cm³/mol. The van der Waals surface area contributed by atoms with Gasteiger partial charge in [0.2, 0.25) is 5.95 Å². The Hall–Kier alpha value is -3.98. The van der Waals surface area contributed by atoms with Crippen LogP contribution in [0.25, 0.3) is 0 Å². The number of nitriles is 1. The second kappa shape index (κ2) is 9.89. The van der Waals surface area contributed by atoms with Crippen LogP contribution in [0.15, 0.2) is 36.8 Å². The minimum absolute atomic E-state index is 0.191. The smallest absolute Gasteiger partial charge is 0.389 e. The molecular weight excluding hydrogens is 521 g/mol. The molecular formula is C28H29F3N8O. The van der Waals surface area contributed by atoms with E-state index in [4.69, 9.17) is 0 Å². The number of nitrogens with zero attached hydrogens (tertiary/aromatic N) is 6. The average molecular weight is 551 g/mol. The Morgan fingerprint density at radius 1 is 1.15 bits per heavy atom. The maximum Gasteiger partial charge on any atom is 0.417 e. The summed E-state index contributed by atoms with van der Waals surface area (Å²) in [5, 5.41) is 26.7. The van der Waals surface area contributed by atoms with E-state index >= 15 is 0 Å². The molecule has 9 nitrogen and oxygen atoms in total. The molecule has 2 atom stereocenters. The van der Waals surface area contributed by atoms with Crippen LogP contribution in [0.3, 0.4) is 0 Å². The average Bonchev–Trinajstić information content (AvgIpc) is 3.73. The maximum atomic E-state index is 13.3. The van der Waals surface area contributed by atoms with E-state index in [1.807, 2.05) is 19.1 Å². The maximum absolute atomic E-state index is 13.3. The molecule has 6 rings (SSSR count). The van der Waals surface area contributed by atoms with Gasteiger partial charge in [0.1, 0.15) is 17.7 Å². The fourth-order valence-corrected chi connectivity index (χ4v) is 5.69. The Morgan fingerprint density at radius 2 is 1.93 bits per heavy atom. The first-order valence-electron chi connectivity index (χ1n) is 13.4. The standard InChI is InChI=1S/C28H29F3N8O/c1-16(17-2-5-23(33-12-17)39-8-6-27(40,7-9-39)19-3-4-19)37-26-36-13-18(11-32)24(38-26)22-15-35-25-21(22)10-20(14-34-25)28(29,30)31/h2,5,10,12-14,16,19,22,40H,3-4,6-9,15H2,1H3,(H,34,35)(H,36,37,38). The van der Waals surface area contributed by atoms with Gasteiger partial charge in [0.05, 0.1) is 34.7 Å². The molecule has 0 aromatic carbocycles. The van der Waals surface area contributed by atoms with Crippen molar-refractivity contribution in [3.05, 3.63) is 64.7 Å². The van der Waals surface area contributed by atoms with Gasteiger partial charge < -0.3 is 20.6 Å². The zero-order valence-electron chi connectivity index (χ0n) is 21.9. The van der Waals surface area contributed by atoms with Gasteiger partial charge in [0, 0.05) is 43.5 Å². The number of pyridine rings is 2. The first-order valence-corrected chi connectivity index (χ1v) is 13.4. The van der Waals surface area contributed by atoms with Crippen LogP contribution in [0.2, 0.25) is 0 Å². The molecule has 0 amide bonds. The van der Waals surface area contributed by atoms with Crippen LogP contribution in [0, 0.1) is 17.2 Å². The Kier molecular flexibility index (Phi) is 6.49. The van der Waals surface area contributed by atoms with Crippen molar-refractivity contribution in [3.8, 4) is 6.07 Å². The van der Waals surface area contributed by atoms with Gasteiger partial charge >= 0.3 is 6.18 Å². The number of aliphatic hydroxyl groups is 1. The van der Waals surface area contributed by atoms with E-state index in [1.54, 1.807) is 6.20 Å². The van der Waals surface area contributed by atoms with Crippen LogP contribution in [0.4, 0.5) is 30.8 Å². The van der Waals surface area contributed by atoms with E-state index in [-0.39, 0.29) is 24.1 Å². The Balaban J connectivity index is 1.17. The number of hydrogen-bond donors (Lipinski definition) is 3. The largest absolute Gasteiger partial charge is 0.417 e. The number of aromatic nitrogens is 4. The van der Waals surface area contributed by atoms with Crippen molar-refractivity contribution in [2.24, 2.45) is 5.92 Å². The van der Waals surface area contributed by atoms with Gasteiger partial charge in [-0.15, -0.1) is 0 Å². The topological polar surface area (TPSA) is 123 Å². The molecule has 3 aromatic rings. The van der Waals surface area contributed by atoms with Crippen molar-refractivity contribution >= 4 is 17.6 Å². The third kappa shape index (κ3) is 5.01. The molecule has 1 saturated heterocycles. The lowest BCUT2D eigenvalue weighted by Gasteiger charge is -2.39. The van der Waals surface area contributed by atoms with E-state index in [9.17, 15) is 23.5 Å². The van der Waals surface area contributed by atoms with E-state index in [1.165, 1.54) is 6.20 Å². The quantitative estimate of drug-likeness (QED) is 0.403. The van der Waals surface area contributed by atoms with Crippen LogP contribution < -0.4 is 15.5 Å². The third-order valence-electron chi connectivity index (χ3n) is 8.27. The summed E-state index contributed by atoms with van der Waals surface area (Å²) in [7, 11) is 0. The highest BCUT2D eigenvalue weighted by molar-refractivity contribution is 5.58. The summed E-state index contributed by atoms with van der Waals surface area (Å²) >= 11 is 0. The van der Waals surface area contributed by atoms with Gasteiger partial charge in [-0.05, 0) is 56.2 Å². The number of hydrogen-bond acceptors (Lipinski definition) is 9. The number of fused-ring (bicyclic) bond motifs is 1. The highest BCUT2D eigenvalue weighted by Crippen LogP contribution is 2.45. The summed E-state index contributed by atoms with van der Waals surface area (Å²) in [6.07, 6.45) is 3.21. The highest BCUT2D eigenvalue weighted by Gasteiger charge is 2.45. The molecule has 12 heteroatoms. The van der Waals surface area contributed by atoms with Crippen LogP contribution in [0.1, 0.15) is 72.5 Å². The molecule has 3 aliphatic rings. The molecule has 3 N–H and O–H groups in total. The van der Waals surface area contributed by atoms with Gasteiger partial charge in [-0.3, -0.25) is 0 Å². The molecule has 0 radical (unpaired) electrons. The van der Waals surface area contributed by atoms with E-state index < -0.39 is 23.3 Å². The molecule has 1 aliphatic carbocycles. The summed E-state index contributed by atoms with van der Waals surface area (Å²) < 4.78 is 40.0. The lowest BCUT2D eigenvalue weighted by Crippen LogP contribution is -2.46. The summed E-state index contributed by atoms with van der Waals surface area (Å²) in [6, 6.07) is 6.84. The van der Waals surface area contributed by atoms with Crippen molar-refractivity contribution in [2.45, 2.75) is 56.3 Å². The van der Waals surface area contributed by atoms with Gasteiger partial charge in [-0.25, -0.2) is 19.9 Å². The zero-order valence-corrected chi connectivity index (χ0v) is 21.9. The van der Waals surface area contributed by atoms with Gasteiger partial charge in [0.25, 0.3) is 0 Å². The molecule has 0 bridgehead atoms. The number of anilines is 3. The normalized spacial score (nSPS) is 20.8. The van der Waals surface area contributed by atoms with Crippen molar-refractivity contribution in [1.29, 1.82) is 5.26 Å². The van der Waals surface area contributed by atoms with Crippen LogP contribution >= 0.6 is 0 Å². The van der Waals surface area contributed by atoms with Crippen LogP contribution in [0.5, 0.6) is 0 Å². The van der Waals surface area contributed by atoms with E-state index in [2.05, 4.69) is 41.5 Å². The summed E-state index contributed by atoms with van der Waals surface area (Å²) in [6.45, 7) is 3.74. The molecule has 208 valence electrons. The molecule has 40 heavy (non-hydrogen) atoms. The number of rotatable bonds is 6. The Morgan fingerprint density at radius 3 is 2.58 bits per heavy atom. The van der Waals surface area contributed by atoms with Crippen molar-refractivity contribution < 1.29 is 18.3 Å². The number of alkyl halides is 3. The predicted octanol–water partition coefficient (Wildman–Crippen LogP) is 4.63. The molecule has 2 aliphatic heterocycles. The highest BCUT2D eigenvalue weighted by atomic mass is 19.4. The number of halogens is 3. The first-order chi connectivity index (χ1) is 19.1. The molecule has 0 spiro atoms. The van der Waals surface area contributed by atoms with Gasteiger partial charge in [-0.2, -0.15) is 18.4 Å². The summed E-state index contributed by atoms with van der Waals surface area (Å²) in [5.74, 6) is 1.34. The molecule has 2 unspecified atom stereocenters. The van der Waals surface area contributed by atoms with Crippen molar-refractivity contribution in [3.63, 3.8) is 0 Å². The van der Waals surface area contributed by atoms with E-state index in [0.717, 1.165) is 62.4 Å². The molecule has 2 fully saturated rings. The summed E-state index contributed by atoms with van der Waals surface area (Å²) in [5.41, 5.74) is 0.399. The monoisotopic (exact) mass is 550 g/mol. The fraction of sp³-hybridized carbons (Fsp3) is 0.464. The molecule has 1 saturated carbocycles. The third-order valence-corrected chi connectivity index (χ3v) is 8.27. The Bertz CT molecular complexity index is 1440. The number of piperidine rings is 1. The Labute approximate surface area is 229 Å². The van der Waals surface area contributed by atoms with Gasteiger partial charge in [0.15, 0.2) is 0 Å². The van der Waals surface area contributed by atoms with Gasteiger partial charge in [-0.1, -0.05) is 6.07 Å². The van der Waals surface area contributed by atoms with Crippen LogP contribution in [-0.2, 0) is 6.18 Å². The second-order valence-corrected chi connectivity index (χ2v) is 10.9. The lowest BCUT2D eigenvalue weighted by molar-refractivity contribution is -0.137. The number of nitrogens with one attached hydrogen (secondary N) is 2. The van der Waals surface area contributed by atoms with Crippen molar-refractivity contribution in [2.75, 3.05) is 35.2 Å². The first kappa shape index (κ1) is 26.3. The van der Waals surface area contributed by atoms with Crippen molar-refractivity contribution in [1.82, 2.24) is 19.9 Å². The van der Waals surface area contributed by atoms with Crippen LogP contribution in [-0.4, -0.2) is 50.3 Å². The van der Waals surface area contributed by atoms with E-state index in [0.29, 0.717) is 23.0 Å². The minimum Gasteiger partial charge on any atom is -0.389 e.